The Kier molecular flexibility index (Phi) is 6.06. The summed E-state index contributed by atoms with van der Waals surface area (Å²) < 4.78 is 5.31. The van der Waals surface area contributed by atoms with Crippen LogP contribution in [0.3, 0.4) is 0 Å². The first-order chi connectivity index (χ1) is 13.1. The number of carbonyl (C=O) groups is 1. The van der Waals surface area contributed by atoms with E-state index < -0.39 is 6.04 Å². The lowest BCUT2D eigenvalue weighted by molar-refractivity contribution is -0.522. The van der Waals surface area contributed by atoms with Crippen molar-refractivity contribution in [2.24, 2.45) is 0 Å². The van der Waals surface area contributed by atoms with Gasteiger partial charge in [-0.3, -0.25) is 10.1 Å². The molecule has 1 N–H and O–H groups in total. The fourth-order valence-electron chi connectivity index (χ4n) is 3.51. The second-order valence-electron chi connectivity index (χ2n) is 6.87. The first-order valence-corrected chi connectivity index (χ1v) is 9.28. The van der Waals surface area contributed by atoms with Crippen LogP contribution in [0.5, 0.6) is 0 Å². The third-order valence-electron chi connectivity index (χ3n) is 5.08. The van der Waals surface area contributed by atoms with Crippen LogP contribution in [-0.2, 0) is 11.2 Å². The Labute approximate surface area is 158 Å². The number of nitro groups is 1. The van der Waals surface area contributed by atoms with E-state index in [4.69, 9.17) is 4.74 Å². The van der Waals surface area contributed by atoms with Crippen LogP contribution in [0.2, 0.25) is 0 Å². The topological polar surface area (TPSA) is 81.5 Å². The number of nitrogens with one attached hydrogen (secondary N) is 1. The number of rotatable bonds is 8. The van der Waals surface area contributed by atoms with E-state index in [9.17, 15) is 14.9 Å². The van der Waals surface area contributed by atoms with Crippen LogP contribution in [0.15, 0.2) is 48.5 Å². The first-order valence-electron chi connectivity index (χ1n) is 9.28. The molecule has 1 aliphatic heterocycles. The Bertz CT molecular complexity index is 807. The van der Waals surface area contributed by atoms with Gasteiger partial charge in [0.15, 0.2) is 0 Å². The van der Waals surface area contributed by atoms with Crippen molar-refractivity contribution in [3.63, 3.8) is 0 Å². The van der Waals surface area contributed by atoms with Gasteiger partial charge in [-0.25, -0.2) is 4.79 Å². The smallest absolute Gasteiger partial charge is 0.338 e. The summed E-state index contributed by atoms with van der Waals surface area (Å²) in [6.45, 7) is 2.80. The Morgan fingerprint density at radius 3 is 2.78 bits per heavy atom. The number of hydrogen-bond donors (Lipinski definition) is 1. The van der Waals surface area contributed by atoms with E-state index in [0.717, 1.165) is 24.2 Å². The quantitative estimate of drug-likeness (QED) is 0.329. The third-order valence-corrected chi connectivity index (χ3v) is 5.08. The average molecular weight is 368 g/mol. The van der Waals surface area contributed by atoms with E-state index >= 15 is 0 Å². The molecule has 3 rings (SSSR count). The van der Waals surface area contributed by atoms with Gasteiger partial charge in [-0.2, -0.15) is 0 Å². The number of hydrogen-bond acceptors (Lipinski definition) is 5. The zero-order chi connectivity index (χ0) is 19.2. The van der Waals surface area contributed by atoms with Gasteiger partial charge < -0.3 is 10.1 Å². The summed E-state index contributed by atoms with van der Waals surface area (Å²) in [7, 11) is 0. The number of nitrogens with zero attached hydrogens (tertiary/aromatic N) is 1. The minimum atomic E-state index is -0.692. The Morgan fingerprint density at radius 1 is 1.26 bits per heavy atom. The molecule has 142 valence electrons. The van der Waals surface area contributed by atoms with Crippen LogP contribution in [0.1, 0.15) is 47.2 Å². The van der Waals surface area contributed by atoms with Gasteiger partial charge in [-0.1, -0.05) is 30.3 Å². The van der Waals surface area contributed by atoms with Crippen LogP contribution in [0, 0.1) is 10.1 Å². The highest BCUT2D eigenvalue weighted by atomic mass is 16.6. The lowest BCUT2D eigenvalue weighted by atomic mass is 9.87. The van der Waals surface area contributed by atoms with Crippen LogP contribution < -0.4 is 5.32 Å². The number of fused-ring (bicyclic) bond motifs is 1. The van der Waals surface area contributed by atoms with Crippen LogP contribution in [0.4, 0.5) is 5.69 Å². The molecule has 1 heterocycles. The molecule has 27 heavy (non-hydrogen) atoms. The monoisotopic (exact) mass is 368 g/mol. The van der Waals surface area contributed by atoms with E-state index in [2.05, 4.69) is 11.4 Å². The molecule has 2 aromatic carbocycles. The highest BCUT2D eigenvalue weighted by Gasteiger charge is 2.28. The lowest BCUT2D eigenvalue weighted by Gasteiger charge is -2.19. The Balaban J connectivity index is 1.61. The summed E-state index contributed by atoms with van der Waals surface area (Å²) in [5.41, 5.74) is 3.82. The van der Waals surface area contributed by atoms with Crippen LogP contribution >= 0.6 is 0 Å². The third kappa shape index (κ3) is 4.64. The molecule has 6 nitrogen and oxygen atoms in total. The molecule has 0 bridgehead atoms. The number of carbonyl (C=O) groups excluding carboxylic acids is 1. The van der Waals surface area contributed by atoms with Crippen molar-refractivity contribution in [3.05, 3.63) is 75.3 Å². The zero-order valence-electron chi connectivity index (χ0n) is 15.4. The van der Waals surface area contributed by atoms with Crippen LogP contribution in [0.25, 0.3) is 0 Å². The van der Waals surface area contributed by atoms with Gasteiger partial charge in [-0.05, 0) is 48.6 Å². The molecule has 0 radical (unpaired) electrons. The summed E-state index contributed by atoms with van der Waals surface area (Å²) in [6.07, 6.45) is 2.12. The standard InChI is InChI=1S/C21H24N2O4/c1-15(23(25)26)19(17-9-10-20-18(14-17)11-12-22-20)8-5-13-27-21(24)16-6-3-2-4-7-16/h2-4,6-7,9-10,14-15,19,22H,5,8,11-13H2,1H3/t15-,19+/m1/s1. The molecule has 0 spiro atoms. The molecular weight excluding hydrogens is 344 g/mol. The number of esters is 1. The molecule has 0 fully saturated rings. The highest BCUT2D eigenvalue weighted by Crippen LogP contribution is 2.31. The van der Waals surface area contributed by atoms with Gasteiger partial charge in [0.1, 0.15) is 0 Å². The molecule has 0 aromatic heterocycles. The van der Waals surface area contributed by atoms with Gasteiger partial charge in [0.05, 0.1) is 18.1 Å². The predicted octanol–water partition coefficient (Wildman–Crippen LogP) is 4.04. The molecule has 0 saturated carbocycles. The Morgan fingerprint density at radius 2 is 2.04 bits per heavy atom. The van der Waals surface area contributed by atoms with E-state index in [-0.39, 0.29) is 23.4 Å². The maximum absolute atomic E-state index is 12.0. The minimum Gasteiger partial charge on any atom is -0.462 e. The summed E-state index contributed by atoms with van der Waals surface area (Å²) >= 11 is 0. The fourth-order valence-corrected chi connectivity index (χ4v) is 3.51. The summed E-state index contributed by atoms with van der Waals surface area (Å²) in [4.78, 5) is 23.1. The van der Waals surface area contributed by atoms with E-state index in [1.165, 1.54) is 5.56 Å². The zero-order valence-corrected chi connectivity index (χ0v) is 15.4. The van der Waals surface area contributed by atoms with Crippen LogP contribution in [-0.4, -0.2) is 30.1 Å². The summed E-state index contributed by atoms with van der Waals surface area (Å²) in [5.74, 6) is -0.570. The molecule has 2 aromatic rings. The molecule has 0 amide bonds. The van der Waals surface area contributed by atoms with E-state index in [1.807, 2.05) is 18.2 Å². The van der Waals surface area contributed by atoms with Crippen molar-refractivity contribution in [1.82, 2.24) is 0 Å². The van der Waals surface area contributed by atoms with Crippen molar-refractivity contribution in [3.8, 4) is 0 Å². The summed E-state index contributed by atoms with van der Waals surface area (Å²) in [6, 6.07) is 14.2. The van der Waals surface area contributed by atoms with Gasteiger partial charge in [0, 0.05) is 24.1 Å². The number of ether oxygens (including phenoxy) is 1. The first kappa shape index (κ1) is 18.9. The van der Waals surface area contributed by atoms with Gasteiger partial charge in [-0.15, -0.1) is 0 Å². The normalized spacial score (nSPS) is 14.7. The van der Waals surface area contributed by atoms with Crippen molar-refractivity contribution in [2.45, 2.75) is 38.1 Å². The number of benzene rings is 2. The molecular formula is C21H24N2O4. The van der Waals surface area contributed by atoms with Crippen molar-refractivity contribution in [2.75, 3.05) is 18.5 Å². The maximum atomic E-state index is 12.0. The van der Waals surface area contributed by atoms with Gasteiger partial charge in [0.2, 0.25) is 6.04 Å². The molecule has 6 heteroatoms. The van der Waals surface area contributed by atoms with E-state index in [1.54, 1.807) is 31.2 Å². The molecule has 0 saturated heterocycles. The molecule has 2 atom stereocenters. The average Bonchev–Trinajstić information content (AvgIpc) is 3.15. The largest absolute Gasteiger partial charge is 0.462 e. The van der Waals surface area contributed by atoms with Crippen molar-refractivity contribution in [1.29, 1.82) is 0 Å². The maximum Gasteiger partial charge on any atom is 0.338 e. The van der Waals surface area contributed by atoms with Crippen molar-refractivity contribution >= 4 is 11.7 Å². The predicted molar refractivity (Wildman–Crippen MR) is 104 cm³/mol. The van der Waals surface area contributed by atoms with Gasteiger partial charge in [0.25, 0.3) is 0 Å². The summed E-state index contributed by atoms with van der Waals surface area (Å²) in [5, 5.41) is 14.7. The minimum absolute atomic E-state index is 0.207. The fraction of sp³-hybridized carbons (Fsp3) is 0.381. The molecule has 0 aliphatic carbocycles. The molecule has 0 unspecified atom stereocenters. The second kappa shape index (κ2) is 8.66. The van der Waals surface area contributed by atoms with Gasteiger partial charge >= 0.3 is 5.97 Å². The number of anilines is 1. The SMILES string of the molecule is C[C@H]([C@H](CCCOC(=O)c1ccccc1)c1ccc2c(c1)CCN2)[N+](=O)[O-]. The lowest BCUT2D eigenvalue weighted by Crippen LogP contribution is -2.25. The van der Waals surface area contributed by atoms with E-state index in [0.29, 0.717) is 18.4 Å². The second-order valence-corrected chi connectivity index (χ2v) is 6.87. The Hall–Kier alpha value is -2.89. The molecule has 1 aliphatic rings. The van der Waals surface area contributed by atoms with Crippen molar-refractivity contribution < 1.29 is 14.5 Å². The highest BCUT2D eigenvalue weighted by molar-refractivity contribution is 5.89.